The van der Waals surface area contributed by atoms with E-state index in [2.05, 4.69) is 10.5 Å². The van der Waals surface area contributed by atoms with Crippen LogP contribution in [-0.4, -0.2) is 49.1 Å². The number of hydrogen-bond donors (Lipinski definition) is 1. The molecule has 2 aromatic rings. The molecule has 0 spiro atoms. The average molecular weight is 379 g/mol. The fourth-order valence-electron chi connectivity index (χ4n) is 2.87. The van der Waals surface area contributed by atoms with Gasteiger partial charge in [-0.25, -0.2) is 8.42 Å². The van der Waals surface area contributed by atoms with Crippen molar-refractivity contribution in [3.63, 3.8) is 0 Å². The van der Waals surface area contributed by atoms with E-state index in [1.807, 2.05) is 13.8 Å². The molecule has 0 aliphatic carbocycles. The van der Waals surface area contributed by atoms with E-state index >= 15 is 0 Å². The van der Waals surface area contributed by atoms with Crippen LogP contribution in [0.5, 0.6) is 0 Å². The van der Waals surface area contributed by atoms with Gasteiger partial charge in [-0.1, -0.05) is 5.16 Å². The first-order valence-corrected chi connectivity index (χ1v) is 9.70. The zero-order valence-electron chi connectivity index (χ0n) is 14.8. The summed E-state index contributed by atoms with van der Waals surface area (Å²) in [4.78, 5) is 12.3. The van der Waals surface area contributed by atoms with Crippen molar-refractivity contribution in [1.29, 1.82) is 0 Å². The van der Waals surface area contributed by atoms with Crippen LogP contribution in [0.2, 0.25) is 0 Å². The minimum absolute atomic E-state index is 0.146. The van der Waals surface area contributed by atoms with Crippen LogP contribution in [0.4, 0.5) is 5.82 Å². The molecule has 0 radical (unpaired) electrons. The number of nitrogens with zero attached hydrogens (tertiary/aromatic N) is 2. The summed E-state index contributed by atoms with van der Waals surface area (Å²) in [7, 11) is -3.63. The Bertz CT molecular complexity index is 881. The van der Waals surface area contributed by atoms with Gasteiger partial charge in [0, 0.05) is 24.7 Å². The second-order valence-corrected chi connectivity index (χ2v) is 8.32. The van der Waals surface area contributed by atoms with Crippen LogP contribution >= 0.6 is 0 Å². The standard InChI is InChI=1S/C17H21N3O5S/c1-11-8-16(19-25-11)18-17(21)14-4-6-15(7-5-14)26(22,23)20-9-12(2)24-13(3)10-20/h4-8,12-13H,9-10H2,1-3H3,(H,18,19,21)/t12-,13-/m1/s1. The van der Waals surface area contributed by atoms with Crippen LogP contribution in [0.3, 0.4) is 0 Å². The number of aromatic nitrogens is 1. The van der Waals surface area contributed by atoms with E-state index < -0.39 is 15.9 Å². The second-order valence-electron chi connectivity index (χ2n) is 6.38. The Labute approximate surface area is 152 Å². The molecule has 140 valence electrons. The average Bonchev–Trinajstić information content (AvgIpc) is 2.99. The lowest BCUT2D eigenvalue weighted by molar-refractivity contribution is -0.0440. The number of carbonyl (C=O) groups is 1. The van der Waals surface area contributed by atoms with Crippen molar-refractivity contribution < 1.29 is 22.5 Å². The molecular weight excluding hydrogens is 358 g/mol. The third-order valence-corrected chi connectivity index (χ3v) is 5.86. The van der Waals surface area contributed by atoms with Gasteiger partial charge in [-0.3, -0.25) is 4.79 Å². The summed E-state index contributed by atoms with van der Waals surface area (Å²) in [5.74, 6) is 0.493. The van der Waals surface area contributed by atoms with E-state index in [1.165, 1.54) is 28.6 Å². The van der Waals surface area contributed by atoms with Gasteiger partial charge in [0.1, 0.15) is 5.76 Å². The van der Waals surface area contributed by atoms with Crippen LogP contribution in [0.15, 0.2) is 39.8 Å². The molecular formula is C17H21N3O5S. The first-order valence-electron chi connectivity index (χ1n) is 8.26. The molecule has 2 heterocycles. The first-order chi connectivity index (χ1) is 12.3. The van der Waals surface area contributed by atoms with Gasteiger partial charge in [-0.2, -0.15) is 4.31 Å². The van der Waals surface area contributed by atoms with Gasteiger partial charge in [0.15, 0.2) is 5.82 Å². The van der Waals surface area contributed by atoms with E-state index in [-0.39, 0.29) is 17.1 Å². The number of carbonyl (C=O) groups excluding carboxylic acids is 1. The number of rotatable bonds is 4. The molecule has 26 heavy (non-hydrogen) atoms. The Balaban J connectivity index is 1.75. The topological polar surface area (TPSA) is 102 Å². The molecule has 1 aliphatic heterocycles. The maximum atomic E-state index is 12.8. The molecule has 1 fully saturated rings. The largest absolute Gasteiger partial charge is 0.373 e. The van der Waals surface area contributed by atoms with Crippen molar-refractivity contribution >= 4 is 21.7 Å². The fraction of sp³-hybridized carbons (Fsp3) is 0.412. The van der Waals surface area contributed by atoms with Crippen LogP contribution < -0.4 is 5.32 Å². The number of nitrogens with one attached hydrogen (secondary N) is 1. The number of benzene rings is 1. The molecule has 0 bridgehead atoms. The first kappa shape index (κ1) is 18.6. The number of anilines is 1. The summed E-state index contributed by atoms with van der Waals surface area (Å²) in [6, 6.07) is 7.41. The Morgan fingerprint density at radius 1 is 1.19 bits per heavy atom. The van der Waals surface area contributed by atoms with Crippen LogP contribution in [0, 0.1) is 6.92 Å². The van der Waals surface area contributed by atoms with Gasteiger partial charge in [-0.15, -0.1) is 0 Å². The zero-order chi connectivity index (χ0) is 18.9. The Hall–Kier alpha value is -2.23. The van der Waals surface area contributed by atoms with E-state index in [0.29, 0.717) is 30.2 Å². The number of aryl methyl sites for hydroxylation is 1. The summed E-state index contributed by atoms with van der Waals surface area (Å²) in [5, 5.41) is 6.28. The zero-order valence-corrected chi connectivity index (χ0v) is 15.6. The molecule has 2 atom stereocenters. The smallest absolute Gasteiger partial charge is 0.256 e. The molecule has 1 aromatic heterocycles. The lowest BCUT2D eigenvalue weighted by Gasteiger charge is -2.34. The molecule has 1 amide bonds. The van der Waals surface area contributed by atoms with E-state index in [9.17, 15) is 13.2 Å². The summed E-state index contributed by atoms with van der Waals surface area (Å²) in [6.07, 6.45) is -0.325. The highest BCUT2D eigenvalue weighted by molar-refractivity contribution is 7.89. The minimum Gasteiger partial charge on any atom is -0.373 e. The third-order valence-electron chi connectivity index (χ3n) is 4.01. The van der Waals surface area contributed by atoms with Crippen molar-refractivity contribution in [2.24, 2.45) is 0 Å². The van der Waals surface area contributed by atoms with Crippen molar-refractivity contribution in [3.8, 4) is 0 Å². The van der Waals surface area contributed by atoms with Crippen molar-refractivity contribution in [1.82, 2.24) is 9.46 Å². The van der Waals surface area contributed by atoms with Crippen molar-refractivity contribution in [3.05, 3.63) is 41.7 Å². The molecule has 3 rings (SSSR count). The van der Waals surface area contributed by atoms with Crippen molar-refractivity contribution in [2.75, 3.05) is 18.4 Å². The van der Waals surface area contributed by atoms with Crippen LogP contribution in [0.1, 0.15) is 30.0 Å². The molecule has 1 aromatic carbocycles. The number of morpholine rings is 1. The Kier molecular flexibility index (Phi) is 5.12. The number of hydrogen-bond acceptors (Lipinski definition) is 6. The van der Waals surface area contributed by atoms with Crippen molar-refractivity contribution in [2.45, 2.75) is 37.9 Å². The van der Waals surface area contributed by atoms with Gasteiger partial charge in [-0.05, 0) is 45.0 Å². The summed E-state index contributed by atoms with van der Waals surface area (Å²) in [6.45, 7) is 6.02. The molecule has 8 nitrogen and oxygen atoms in total. The highest BCUT2D eigenvalue weighted by Crippen LogP contribution is 2.21. The second kappa shape index (κ2) is 7.18. The molecule has 0 unspecified atom stereocenters. The SMILES string of the molecule is Cc1cc(NC(=O)c2ccc(S(=O)(=O)N3C[C@@H](C)O[C@H](C)C3)cc2)no1. The predicted molar refractivity (Wildman–Crippen MR) is 94.4 cm³/mol. The molecule has 1 saturated heterocycles. The summed E-state index contributed by atoms with van der Waals surface area (Å²) in [5.41, 5.74) is 0.327. The molecule has 1 aliphatic rings. The Morgan fingerprint density at radius 3 is 2.35 bits per heavy atom. The van der Waals surface area contributed by atoms with Gasteiger partial charge in [0.05, 0.1) is 17.1 Å². The quantitative estimate of drug-likeness (QED) is 0.872. The highest BCUT2D eigenvalue weighted by atomic mass is 32.2. The van der Waals surface area contributed by atoms with E-state index in [4.69, 9.17) is 9.26 Å². The maximum Gasteiger partial charge on any atom is 0.256 e. The normalized spacial score (nSPS) is 21.5. The fourth-order valence-corrected chi connectivity index (χ4v) is 4.46. The molecule has 0 saturated carbocycles. The number of sulfonamides is 1. The van der Waals surface area contributed by atoms with Crippen LogP contribution in [-0.2, 0) is 14.8 Å². The van der Waals surface area contributed by atoms with Gasteiger partial charge < -0.3 is 14.6 Å². The lowest BCUT2D eigenvalue weighted by Crippen LogP contribution is -2.48. The van der Waals surface area contributed by atoms with Crippen LogP contribution in [0.25, 0.3) is 0 Å². The third kappa shape index (κ3) is 3.95. The summed E-state index contributed by atoms with van der Waals surface area (Å²) < 4.78 is 37.5. The summed E-state index contributed by atoms with van der Waals surface area (Å²) >= 11 is 0. The highest BCUT2D eigenvalue weighted by Gasteiger charge is 2.32. The number of ether oxygens (including phenoxy) is 1. The Morgan fingerprint density at radius 2 is 1.81 bits per heavy atom. The maximum absolute atomic E-state index is 12.8. The number of amides is 1. The monoisotopic (exact) mass is 379 g/mol. The van der Waals surface area contributed by atoms with Gasteiger partial charge >= 0.3 is 0 Å². The van der Waals surface area contributed by atoms with E-state index in [1.54, 1.807) is 13.0 Å². The molecule has 1 N–H and O–H groups in total. The van der Waals surface area contributed by atoms with E-state index in [0.717, 1.165) is 0 Å². The van der Waals surface area contributed by atoms with Gasteiger partial charge in [0.25, 0.3) is 5.91 Å². The lowest BCUT2D eigenvalue weighted by atomic mass is 10.2. The minimum atomic E-state index is -3.63. The van der Waals surface area contributed by atoms with Gasteiger partial charge in [0.2, 0.25) is 10.0 Å². The predicted octanol–water partition coefficient (Wildman–Crippen LogP) is 2.03. The molecule has 9 heteroatoms.